The first kappa shape index (κ1) is 13.7. The van der Waals surface area contributed by atoms with Crippen LogP contribution >= 0.6 is 0 Å². The molecule has 1 fully saturated rings. The molecular weight excluding hydrogens is 249 g/mol. The molecule has 0 amide bonds. The van der Waals surface area contributed by atoms with E-state index in [1.165, 1.54) is 12.1 Å². The lowest BCUT2D eigenvalue weighted by Gasteiger charge is -2.12. The van der Waals surface area contributed by atoms with E-state index in [0.29, 0.717) is 10.9 Å². The molecule has 18 heavy (non-hydrogen) atoms. The molecule has 2 rings (SSSR count). The van der Waals surface area contributed by atoms with Gasteiger partial charge in [-0.25, -0.2) is 4.39 Å². The van der Waals surface area contributed by atoms with Crippen LogP contribution in [0.2, 0.25) is 0 Å². The first-order chi connectivity index (χ1) is 8.70. The second kappa shape index (κ2) is 6.43. The van der Waals surface area contributed by atoms with Gasteiger partial charge in [0.15, 0.2) is 0 Å². The summed E-state index contributed by atoms with van der Waals surface area (Å²) in [6, 6.07) is 6.65. The van der Waals surface area contributed by atoms with Gasteiger partial charge in [0.05, 0.1) is 10.8 Å². The van der Waals surface area contributed by atoms with Crippen molar-refractivity contribution in [1.82, 2.24) is 5.32 Å². The first-order valence-corrected chi connectivity index (χ1v) is 7.81. The summed E-state index contributed by atoms with van der Waals surface area (Å²) >= 11 is 0. The van der Waals surface area contributed by atoms with Crippen molar-refractivity contribution < 1.29 is 8.60 Å². The number of nitrogens with one attached hydrogen (secondary N) is 1. The molecule has 100 valence electrons. The highest BCUT2D eigenvalue weighted by molar-refractivity contribution is 7.85. The van der Waals surface area contributed by atoms with Gasteiger partial charge in [0, 0.05) is 16.2 Å². The van der Waals surface area contributed by atoms with Gasteiger partial charge in [-0.3, -0.25) is 4.21 Å². The highest BCUT2D eigenvalue weighted by Crippen LogP contribution is 2.27. The molecule has 3 atom stereocenters. The Hall–Kier alpha value is -0.740. The molecule has 2 nitrogen and oxygen atoms in total. The molecule has 1 saturated carbocycles. The van der Waals surface area contributed by atoms with Crippen LogP contribution in [0.3, 0.4) is 0 Å². The molecule has 0 aliphatic heterocycles. The van der Waals surface area contributed by atoms with Gasteiger partial charge in [0.2, 0.25) is 0 Å². The minimum absolute atomic E-state index is 0.168. The van der Waals surface area contributed by atoms with Crippen LogP contribution in [-0.4, -0.2) is 22.0 Å². The van der Waals surface area contributed by atoms with Crippen LogP contribution in [0.15, 0.2) is 29.2 Å². The second-order valence-corrected chi connectivity index (χ2v) is 6.57. The van der Waals surface area contributed by atoms with Gasteiger partial charge in [-0.2, -0.15) is 0 Å². The maximum absolute atomic E-state index is 13.1. The van der Waals surface area contributed by atoms with Gasteiger partial charge in [-0.05, 0) is 50.4 Å². The quantitative estimate of drug-likeness (QED) is 0.890. The minimum Gasteiger partial charge on any atom is -0.314 e. The third-order valence-corrected chi connectivity index (χ3v) is 5.15. The molecule has 0 saturated heterocycles. The SMILES string of the molecule is CCCNC1CCC(S(=O)c2cccc(F)c2)C1. The summed E-state index contributed by atoms with van der Waals surface area (Å²) in [6.07, 6.45) is 4.09. The Morgan fingerprint density at radius 3 is 3.00 bits per heavy atom. The predicted molar refractivity (Wildman–Crippen MR) is 72.5 cm³/mol. The lowest BCUT2D eigenvalue weighted by atomic mass is 10.2. The molecule has 0 spiro atoms. The van der Waals surface area contributed by atoms with Crippen molar-refractivity contribution in [3.8, 4) is 0 Å². The van der Waals surface area contributed by atoms with E-state index in [1.54, 1.807) is 12.1 Å². The molecule has 1 N–H and O–H groups in total. The molecule has 0 heterocycles. The average molecular weight is 269 g/mol. The van der Waals surface area contributed by atoms with Gasteiger partial charge in [-0.15, -0.1) is 0 Å². The zero-order valence-electron chi connectivity index (χ0n) is 10.7. The number of hydrogen-bond acceptors (Lipinski definition) is 2. The van der Waals surface area contributed by atoms with Gasteiger partial charge >= 0.3 is 0 Å². The molecule has 1 aromatic rings. The summed E-state index contributed by atoms with van der Waals surface area (Å²) in [5.74, 6) is -0.306. The van der Waals surface area contributed by atoms with Crippen LogP contribution in [0.4, 0.5) is 4.39 Å². The lowest BCUT2D eigenvalue weighted by Crippen LogP contribution is -2.28. The van der Waals surface area contributed by atoms with Crippen LogP contribution < -0.4 is 5.32 Å². The zero-order chi connectivity index (χ0) is 13.0. The summed E-state index contributed by atoms with van der Waals surface area (Å²) in [7, 11) is -1.08. The standard InChI is InChI=1S/C14H20FNOS/c1-2-8-16-12-6-7-14(10-12)18(17)13-5-3-4-11(15)9-13/h3-5,9,12,14,16H,2,6-8,10H2,1H3. The normalized spacial score (nSPS) is 25.2. The highest BCUT2D eigenvalue weighted by Gasteiger charge is 2.29. The Labute approximate surface area is 110 Å². The van der Waals surface area contributed by atoms with Crippen LogP contribution in [-0.2, 0) is 10.8 Å². The largest absolute Gasteiger partial charge is 0.314 e. The molecular formula is C14H20FNOS. The Kier molecular flexibility index (Phi) is 4.89. The van der Waals surface area contributed by atoms with E-state index in [9.17, 15) is 8.60 Å². The topological polar surface area (TPSA) is 29.1 Å². The third-order valence-electron chi connectivity index (χ3n) is 3.40. The molecule has 0 bridgehead atoms. The fraction of sp³-hybridized carbons (Fsp3) is 0.571. The van der Waals surface area contributed by atoms with Crippen molar-refractivity contribution in [3.05, 3.63) is 30.1 Å². The van der Waals surface area contributed by atoms with E-state index in [-0.39, 0.29) is 11.1 Å². The van der Waals surface area contributed by atoms with Crippen LogP contribution in [0.1, 0.15) is 32.6 Å². The second-order valence-electron chi connectivity index (χ2n) is 4.84. The summed E-state index contributed by atoms with van der Waals surface area (Å²) in [4.78, 5) is 0.621. The smallest absolute Gasteiger partial charge is 0.124 e. The van der Waals surface area contributed by atoms with Crippen molar-refractivity contribution in [2.24, 2.45) is 0 Å². The summed E-state index contributed by atoms with van der Waals surface area (Å²) in [5, 5.41) is 3.64. The third kappa shape index (κ3) is 3.39. The van der Waals surface area contributed by atoms with Crippen molar-refractivity contribution in [1.29, 1.82) is 0 Å². The Balaban J connectivity index is 1.95. The van der Waals surface area contributed by atoms with Crippen LogP contribution in [0.5, 0.6) is 0 Å². The van der Waals surface area contributed by atoms with Crippen LogP contribution in [0.25, 0.3) is 0 Å². The molecule has 3 unspecified atom stereocenters. The van der Waals surface area contributed by atoms with E-state index >= 15 is 0 Å². The maximum atomic E-state index is 13.1. The minimum atomic E-state index is -1.08. The van der Waals surface area contributed by atoms with Gasteiger partial charge in [0.1, 0.15) is 5.82 Å². The first-order valence-electron chi connectivity index (χ1n) is 6.60. The van der Waals surface area contributed by atoms with E-state index < -0.39 is 10.8 Å². The Morgan fingerprint density at radius 1 is 1.44 bits per heavy atom. The van der Waals surface area contributed by atoms with Gasteiger partial charge in [-0.1, -0.05) is 13.0 Å². The molecule has 0 aromatic heterocycles. The van der Waals surface area contributed by atoms with Crippen LogP contribution in [0, 0.1) is 5.82 Å². The molecule has 1 aromatic carbocycles. The van der Waals surface area contributed by atoms with E-state index in [0.717, 1.165) is 32.2 Å². The Bertz CT molecular complexity index is 424. The molecule has 4 heteroatoms. The lowest BCUT2D eigenvalue weighted by molar-refractivity contribution is 0.523. The van der Waals surface area contributed by atoms with Crippen molar-refractivity contribution in [3.63, 3.8) is 0 Å². The monoisotopic (exact) mass is 269 g/mol. The van der Waals surface area contributed by atoms with Crippen molar-refractivity contribution in [2.75, 3.05) is 6.54 Å². The molecule has 1 aliphatic rings. The molecule has 1 aliphatic carbocycles. The highest BCUT2D eigenvalue weighted by atomic mass is 32.2. The van der Waals surface area contributed by atoms with Crippen molar-refractivity contribution in [2.45, 2.75) is 48.8 Å². The van der Waals surface area contributed by atoms with Gasteiger partial charge in [0.25, 0.3) is 0 Å². The fourth-order valence-electron chi connectivity index (χ4n) is 2.45. The zero-order valence-corrected chi connectivity index (χ0v) is 11.5. The van der Waals surface area contributed by atoms with E-state index in [2.05, 4.69) is 12.2 Å². The number of hydrogen-bond donors (Lipinski definition) is 1. The summed E-state index contributed by atoms with van der Waals surface area (Å²) in [6.45, 7) is 3.16. The van der Waals surface area contributed by atoms with E-state index in [1.807, 2.05) is 0 Å². The Morgan fingerprint density at radius 2 is 2.28 bits per heavy atom. The fourth-order valence-corrected chi connectivity index (χ4v) is 4.04. The van der Waals surface area contributed by atoms with Gasteiger partial charge < -0.3 is 5.32 Å². The maximum Gasteiger partial charge on any atom is 0.124 e. The number of benzene rings is 1. The van der Waals surface area contributed by atoms with E-state index in [4.69, 9.17) is 0 Å². The predicted octanol–water partition coefficient (Wildman–Crippen LogP) is 2.85. The average Bonchev–Trinajstić information content (AvgIpc) is 2.84. The summed E-state index contributed by atoms with van der Waals surface area (Å²) < 4.78 is 25.4. The number of rotatable bonds is 5. The summed E-state index contributed by atoms with van der Waals surface area (Å²) in [5.41, 5.74) is 0. The number of halogens is 1. The molecule has 0 radical (unpaired) electrons. The van der Waals surface area contributed by atoms with Crippen molar-refractivity contribution >= 4 is 10.8 Å².